The van der Waals surface area contributed by atoms with Crippen molar-refractivity contribution in [1.82, 2.24) is 29.2 Å². The highest BCUT2D eigenvalue weighted by atomic mass is 16.3. The summed E-state index contributed by atoms with van der Waals surface area (Å²) in [7, 11) is 0. The summed E-state index contributed by atoms with van der Waals surface area (Å²) in [5, 5.41) is 22.0. The molecule has 11 heteroatoms. The van der Waals surface area contributed by atoms with E-state index in [0.29, 0.717) is 28.7 Å². The van der Waals surface area contributed by atoms with E-state index >= 15 is 0 Å². The maximum Gasteiger partial charge on any atom is 0.180 e. The molecular weight excluding hydrogens is 470 g/mol. The van der Waals surface area contributed by atoms with Gasteiger partial charge in [0.25, 0.3) is 0 Å². The minimum atomic E-state index is -0.0770. The molecule has 1 aliphatic heterocycles. The fourth-order valence-electron chi connectivity index (χ4n) is 4.26. The summed E-state index contributed by atoms with van der Waals surface area (Å²) in [5.74, 6) is 0.870. The molecule has 0 radical (unpaired) electrons. The number of aliphatic hydroxyl groups excluding tert-OH is 2. The number of piperazine rings is 1. The largest absolute Gasteiger partial charge is 0.396 e. The molecule has 4 aromatic rings. The van der Waals surface area contributed by atoms with E-state index in [1.807, 2.05) is 42.8 Å². The second-order valence-corrected chi connectivity index (χ2v) is 8.65. The van der Waals surface area contributed by atoms with Crippen molar-refractivity contribution in [3.05, 3.63) is 55.2 Å². The van der Waals surface area contributed by atoms with Crippen LogP contribution in [0.1, 0.15) is 13.8 Å². The zero-order valence-electron chi connectivity index (χ0n) is 21.3. The van der Waals surface area contributed by atoms with Crippen LogP contribution >= 0.6 is 0 Å². The molecule has 0 unspecified atom stereocenters. The Balaban J connectivity index is 0.00000156. The fourth-order valence-corrected chi connectivity index (χ4v) is 4.26. The minimum absolute atomic E-state index is 0.0147. The normalized spacial score (nSPS) is 14.0. The fraction of sp³-hybridized carbons (Fsp3) is 0.385. The van der Waals surface area contributed by atoms with E-state index in [0.717, 1.165) is 44.1 Å². The molecule has 0 saturated carbocycles. The Morgan fingerprint density at radius 3 is 2.38 bits per heavy atom. The van der Waals surface area contributed by atoms with E-state index in [2.05, 4.69) is 42.2 Å². The molecule has 11 nitrogen and oxygen atoms in total. The van der Waals surface area contributed by atoms with Gasteiger partial charge in [0.05, 0.1) is 12.4 Å². The number of imidazole rings is 1. The zero-order valence-corrected chi connectivity index (χ0v) is 21.3. The lowest BCUT2D eigenvalue weighted by Crippen LogP contribution is -2.48. The number of hydrogen-bond donors (Lipinski definition) is 4. The first kappa shape index (κ1) is 26.3. The monoisotopic (exact) mass is 505 g/mol. The van der Waals surface area contributed by atoms with Gasteiger partial charge in [0, 0.05) is 81.8 Å². The maximum absolute atomic E-state index is 9.33. The number of hydrogen-bond acceptors (Lipinski definition) is 10. The van der Waals surface area contributed by atoms with Crippen molar-refractivity contribution in [3.8, 4) is 11.4 Å². The Morgan fingerprint density at radius 2 is 1.70 bits per heavy atom. The molecule has 1 fully saturated rings. The summed E-state index contributed by atoms with van der Waals surface area (Å²) in [6.45, 7) is 8.35. The van der Waals surface area contributed by atoms with Crippen LogP contribution in [0.2, 0.25) is 0 Å². The van der Waals surface area contributed by atoms with Crippen LogP contribution in [0.5, 0.6) is 0 Å². The van der Waals surface area contributed by atoms with Crippen molar-refractivity contribution < 1.29 is 10.2 Å². The SMILES string of the molecule is CC.Nc1cncc(-c2cn3ccnc3c(Nc3ccc(N4CCN(CC(CO)CO)CC4)cc3)n2)n1. The van der Waals surface area contributed by atoms with Gasteiger partial charge in [-0.2, -0.15) is 0 Å². The molecule has 1 aromatic carbocycles. The van der Waals surface area contributed by atoms with Gasteiger partial charge < -0.3 is 30.6 Å². The molecule has 196 valence electrons. The predicted octanol–water partition coefficient (Wildman–Crippen LogP) is 2.26. The first-order valence-corrected chi connectivity index (χ1v) is 12.6. The predicted molar refractivity (Wildman–Crippen MR) is 146 cm³/mol. The van der Waals surface area contributed by atoms with Gasteiger partial charge >= 0.3 is 0 Å². The lowest BCUT2D eigenvalue weighted by molar-refractivity contribution is 0.107. The highest BCUT2D eigenvalue weighted by Crippen LogP contribution is 2.26. The maximum atomic E-state index is 9.33. The summed E-state index contributed by atoms with van der Waals surface area (Å²) in [4.78, 5) is 22.3. The second-order valence-electron chi connectivity index (χ2n) is 8.65. The van der Waals surface area contributed by atoms with Crippen LogP contribution < -0.4 is 16.0 Å². The van der Waals surface area contributed by atoms with E-state index in [4.69, 9.17) is 10.7 Å². The summed E-state index contributed by atoms with van der Waals surface area (Å²) >= 11 is 0. The first-order valence-electron chi connectivity index (χ1n) is 12.6. The van der Waals surface area contributed by atoms with Crippen LogP contribution in [0.25, 0.3) is 17.0 Å². The summed E-state index contributed by atoms with van der Waals surface area (Å²) < 4.78 is 1.89. The Kier molecular flexibility index (Phi) is 8.83. The highest BCUT2D eigenvalue weighted by molar-refractivity contribution is 5.73. The van der Waals surface area contributed by atoms with E-state index in [-0.39, 0.29) is 19.1 Å². The average molecular weight is 506 g/mol. The molecule has 4 heterocycles. The van der Waals surface area contributed by atoms with Crippen LogP contribution in [0, 0.1) is 5.92 Å². The molecule has 3 aromatic heterocycles. The Bertz CT molecular complexity index is 1270. The molecule has 1 saturated heterocycles. The summed E-state index contributed by atoms with van der Waals surface area (Å²) in [5.41, 5.74) is 9.78. The molecule has 0 amide bonds. The van der Waals surface area contributed by atoms with Crippen LogP contribution in [0.4, 0.5) is 23.0 Å². The zero-order chi connectivity index (χ0) is 26.2. The number of anilines is 4. The van der Waals surface area contributed by atoms with Gasteiger partial charge in [-0.1, -0.05) is 13.8 Å². The third kappa shape index (κ3) is 6.31. The number of nitrogen functional groups attached to an aromatic ring is 1. The minimum Gasteiger partial charge on any atom is -0.396 e. The van der Waals surface area contributed by atoms with Crippen LogP contribution in [0.15, 0.2) is 55.2 Å². The lowest BCUT2D eigenvalue weighted by Gasteiger charge is -2.37. The van der Waals surface area contributed by atoms with Crippen LogP contribution in [-0.4, -0.2) is 85.4 Å². The molecule has 0 spiro atoms. The molecule has 1 aliphatic rings. The number of nitrogens with two attached hydrogens (primary N) is 1. The summed E-state index contributed by atoms with van der Waals surface area (Å²) in [6.07, 6.45) is 8.57. The average Bonchev–Trinajstić information content (AvgIpc) is 3.43. The Morgan fingerprint density at radius 1 is 0.973 bits per heavy atom. The molecule has 0 aliphatic carbocycles. The van der Waals surface area contributed by atoms with Crippen molar-refractivity contribution in [2.45, 2.75) is 13.8 Å². The van der Waals surface area contributed by atoms with Gasteiger partial charge in [-0.05, 0) is 24.3 Å². The van der Waals surface area contributed by atoms with Gasteiger partial charge in [-0.15, -0.1) is 0 Å². The first-order chi connectivity index (χ1) is 18.1. The van der Waals surface area contributed by atoms with Crippen LogP contribution in [-0.2, 0) is 0 Å². The van der Waals surface area contributed by atoms with Crippen molar-refractivity contribution in [2.24, 2.45) is 5.92 Å². The molecule has 5 rings (SSSR count). The Labute approximate surface area is 216 Å². The van der Waals surface area contributed by atoms with E-state index in [1.54, 1.807) is 12.4 Å². The van der Waals surface area contributed by atoms with Crippen molar-refractivity contribution in [2.75, 3.05) is 61.9 Å². The topological polar surface area (TPSA) is 141 Å². The number of nitrogens with zero attached hydrogens (tertiary/aromatic N) is 7. The van der Waals surface area contributed by atoms with E-state index in [1.165, 1.54) is 6.20 Å². The number of benzene rings is 1. The third-order valence-corrected chi connectivity index (χ3v) is 6.19. The van der Waals surface area contributed by atoms with Gasteiger partial charge in [0.1, 0.15) is 17.2 Å². The number of nitrogens with one attached hydrogen (secondary N) is 1. The number of fused-ring (bicyclic) bond motifs is 1. The van der Waals surface area contributed by atoms with Gasteiger partial charge in [-0.3, -0.25) is 9.88 Å². The van der Waals surface area contributed by atoms with Crippen molar-refractivity contribution in [3.63, 3.8) is 0 Å². The molecular formula is C26H35N9O2. The number of aromatic nitrogens is 5. The molecule has 0 bridgehead atoms. The smallest absolute Gasteiger partial charge is 0.180 e. The Hall–Kier alpha value is -3.80. The quantitative estimate of drug-likeness (QED) is 0.282. The molecule has 0 atom stereocenters. The third-order valence-electron chi connectivity index (χ3n) is 6.19. The van der Waals surface area contributed by atoms with Crippen LogP contribution in [0.3, 0.4) is 0 Å². The number of rotatable bonds is 8. The van der Waals surface area contributed by atoms with Gasteiger partial charge in [0.15, 0.2) is 11.5 Å². The van der Waals surface area contributed by atoms with E-state index in [9.17, 15) is 10.2 Å². The van der Waals surface area contributed by atoms with Crippen molar-refractivity contribution >= 4 is 28.7 Å². The van der Waals surface area contributed by atoms with Gasteiger partial charge in [-0.25, -0.2) is 15.0 Å². The molecule has 5 N–H and O–H groups in total. The summed E-state index contributed by atoms with van der Waals surface area (Å²) in [6, 6.07) is 8.25. The van der Waals surface area contributed by atoms with Crippen molar-refractivity contribution in [1.29, 1.82) is 0 Å². The van der Waals surface area contributed by atoms with Gasteiger partial charge in [0.2, 0.25) is 0 Å². The lowest BCUT2D eigenvalue weighted by atomic mass is 10.1. The highest BCUT2D eigenvalue weighted by Gasteiger charge is 2.20. The molecule has 37 heavy (non-hydrogen) atoms. The van der Waals surface area contributed by atoms with E-state index < -0.39 is 0 Å². The standard InChI is InChI=1S/C24H29N9O2.C2H6/c25-22-12-26-11-20(29-22)21-14-33-6-5-27-24(33)23(30-21)28-18-1-3-19(4-2-18)32-9-7-31(8-10-32)13-17(15-34)16-35;1-2/h1-6,11-12,14,17,34-35H,7-10,13,15-16H2,(H2,25,29)(H,28,30);1-2H3. The second kappa shape index (κ2) is 12.4. The number of aliphatic hydroxyl groups is 2.